The molecular weight excluding hydrogens is 236 g/mol. The molecule has 3 rings (SSSR count). The molecule has 0 saturated carbocycles. The molecule has 0 aromatic heterocycles. The molecule has 0 amide bonds. The maximum atomic E-state index is 10.0. The molecule has 3 N–H and O–H groups in total. The Hall–Kier alpha value is -1.82. The molecule has 6 nitrogen and oxygen atoms in total. The van der Waals surface area contributed by atoms with Crippen LogP contribution >= 0.6 is 0 Å². The molecule has 1 fully saturated rings. The number of ether oxygens (including phenoxy) is 2. The molecule has 1 aromatic rings. The van der Waals surface area contributed by atoms with Crippen LogP contribution in [0.4, 0.5) is 5.69 Å². The Kier molecular flexibility index (Phi) is 2.79. The minimum Gasteiger partial charge on any atom is -0.505 e. The molecule has 0 aliphatic carbocycles. The van der Waals surface area contributed by atoms with Crippen molar-refractivity contribution in [2.75, 3.05) is 44.3 Å². The molecule has 0 bridgehead atoms. The number of nitrogens with one attached hydrogen (secondary N) is 1. The highest BCUT2D eigenvalue weighted by molar-refractivity contribution is 5.76. The van der Waals surface area contributed by atoms with Crippen molar-refractivity contribution >= 4 is 5.69 Å². The van der Waals surface area contributed by atoms with Crippen LogP contribution < -0.4 is 19.7 Å². The second-order valence-corrected chi connectivity index (χ2v) is 4.36. The number of nitrogens with zero attached hydrogens (tertiary/aromatic N) is 1. The lowest BCUT2D eigenvalue weighted by Crippen LogP contribution is -2.43. The van der Waals surface area contributed by atoms with Crippen LogP contribution in [0.25, 0.3) is 0 Å². The summed E-state index contributed by atoms with van der Waals surface area (Å²) < 4.78 is 11.0. The van der Waals surface area contributed by atoms with Crippen molar-refractivity contribution in [1.29, 1.82) is 0 Å². The normalized spacial score (nSPS) is 18.8. The van der Waals surface area contributed by atoms with Crippen LogP contribution in [0, 0.1) is 0 Å². The van der Waals surface area contributed by atoms with Gasteiger partial charge < -0.3 is 29.9 Å². The smallest absolute Gasteiger partial charge is 0.205 e. The topological polar surface area (TPSA) is 74.2 Å². The minimum absolute atomic E-state index is 0.0265. The Balaban J connectivity index is 2.06. The van der Waals surface area contributed by atoms with Gasteiger partial charge in [0.2, 0.25) is 5.75 Å². The molecule has 0 spiro atoms. The highest BCUT2D eigenvalue weighted by atomic mass is 16.6. The summed E-state index contributed by atoms with van der Waals surface area (Å²) in [5.74, 6) is 0.716. The van der Waals surface area contributed by atoms with Crippen molar-refractivity contribution in [2.45, 2.75) is 0 Å². The van der Waals surface area contributed by atoms with Crippen molar-refractivity contribution in [3.05, 3.63) is 6.07 Å². The Morgan fingerprint density at radius 1 is 1.00 bits per heavy atom. The van der Waals surface area contributed by atoms with Gasteiger partial charge in [-0.3, -0.25) is 0 Å². The first kappa shape index (κ1) is 11.3. The van der Waals surface area contributed by atoms with Gasteiger partial charge in [0.25, 0.3) is 0 Å². The standard InChI is InChI=1S/C12H16N2O4/c15-8-7-9(16)11-12(18-6-5-17-11)10(8)14-3-1-13-2-4-14/h7,13,15-16H,1-6H2. The van der Waals surface area contributed by atoms with E-state index in [2.05, 4.69) is 5.32 Å². The third kappa shape index (κ3) is 1.78. The zero-order chi connectivity index (χ0) is 12.5. The van der Waals surface area contributed by atoms with E-state index in [9.17, 15) is 10.2 Å². The van der Waals surface area contributed by atoms with Gasteiger partial charge in [-0.2, -0.15) is 0 Å². The van der Waals surface area contributed by atoms with Crippen molar-refractivity contribution in [3.63, 3.8) is 0 Å². The van der Waals surface area contributed by atoms with E-state index in [1.807, 2.05) is 4.90 Å². The number of rotatable bonds is 1. The van der Waals surface area contributed by atoms with Crippen LogP contribution in [0.2, 0.25) is 0 Å². The van der Waals surface area contributed by atoms with E-state index >= 15 is 0 Å². The first-order chi connectivity index (χ1) is 8.77. The van der Waals surface area contributed by atoms with Crippen molar-refractivity contribution < 1.29 is 19.7 Å². The Bertz CT molecular complexity index is 458. The molecule has 1 saturated heterocycles. The number of hydrogen-bond acceptors (Lipinski definition) is 6. The number of phenols is 2. The van der Waals surface area contributed by atoms with Crippen molar-refractivity contribution in [1.82, 2.24) is 5.32 Å². The van der Waals surface area contributed by atoms with Gasteiger partial charge in [-0.15, -0.1) is 0 Å². The number of aromatic hydroxyl groups is 2. The predicted molar refractivity (Wildman–Crippen MR) is 65.8 cm³/mol. The summed E-state index contributed by atoms with van der Waals surface area (Å²) in [6, 6.07) is 1.31. The summed E-state index contributed by atoms with van der Waals surface area (Å²) in [6.07, 6.45) is 0. The summed E-state index contributed by atoms with van der Waals surface area (Å²) in [6.45, 7) is 4.12. The zero-order valence-electron chi connectivity index (χ0n) is 9.98. The third-order valence-corrected chi connectivity index (χ3v) is 3.18. The van der Waals surface area contributed by atoms with Crippen LogP contribution in [0.5, 0.6) is 23.0 Å². The molecule has 2 heterocycles. The first-order valence-electron chi connectivity index (χ1n) is 6.07. The molecule has 0 unspecified atom stereocenters. The second kappa shape index (κ2) is 4.45. The fourth-order valence-corrected chi connectivity index (χ4v) is 2.36. The largest absolute Gasteiger partial charge is 0.505 e. The van der Waals surface area contributed by atoms with E-state index in [1.165, 1.54) is 6.07 Å². The van der Waals surface area contributed by atoms with Crippen molar-refractivity contribution in [3.8, 4) is 23.0 Å². The van der Waals surface area contributed by atoms with E-state index in [0.717, 1.165) is 26.2 Å². The van der Waals surface area contributed by atoms with Gasteiger partial charge in [0.05, 0.1) is 0 Å². The molecule has 6 heteroatoms. The average molecular weight is 252 g/mol. The highest BCUT2D eigenvalue weighted by Gasteiger charge is 2.27. The van der Waals surface area contributed by atoms with Gasteiger partial charge in [-0.05, 0) is 0 Å². The molecule has 98 valence electrons. The summed E-state index contributed by atoms with van der Waals surface area (Å²) in [7, 11) is 0. The number of hydrogen-bond donors (Lipinski definition) is 3. The lowest BCUT2D eigenvalue weighted by molar-refractivity contribution is 0.165. The van der Waals surface area contributed by atoms with Gasteiger partial charge in [0, 0.05) is 32.2 Å². The molecule has 0 atom stereocenters. The van der Waals surface area contributed by atoms with E-state index in [4.69, 9.17) is 9.47 Å². The summed E-state index contributed by atoms with van der Waals surface area (Å²) >= 11 is 0. The molecule has 1 aromatic carbocycles. The number of fused-ring (bicyclic) bond motifs is 1. The highest BCUT2D eigenvalue weighted by Crippen LogP contribution is 2.50. The lowest BCUT2D eigenvalue weighted by Gasteiger charge is -2.33. The van der Waals surface area contributed by atoms with Crippen LogP contribution in [-0.4, -0.2) is 49.6 Å². The Morgan fingerprint density at radius 3 is 2.39 bits per heavy atom. The van der Waals surface area contributed by atoms with E-state index in [-0.39, 0.29) is 11.5 Å². The molecule has 2 aliphatic heterocycles. The number of anilines is 1. The lowest BCUT2D eigenvalue weighted by atomic mass is 10.2. The zero-order valence-corrected chi connectivity index (χ0v) is 9.98. The minimum atomic E-state index is -0.0823. The first-order valence-corrected chi connectivity index (χ1v) is 6.07. The van der Waals surface area contributed by atoms with Gasteiger partial charge in [-0.25, -0.2) is 0 Å². The second-order valence-electron chi connectivity index (χ2n) is 4.36. The van der Waals surface area contributed by atoms with E-state index < -0.39 is 0 Å². The predicted octanol–water partition coefficient (Wildman–Crippen LogP) is 0.279. The van der Waals surface area contributed by atoms with Crippen molar-refractivity contribution in [2.24, 2.45) is 0 Å². The summed E-state index contributed by atoms with van der Waals surface area (Å²) in [4.78, 5) is 2.04. The van der Waals surface area contributed by atoms with Crippen LogP contribution in [0.1, 0.15) is 0 Å². The van der Waals surface area contributed by atoms with E-state index in [0.29, 0.717) is 30.4 Å². The molecular formula is C12H16N2O4. The quantitative estimate of drug-likeness (QED) is 0.666. The maximum absolute atomic E-state index is 10.0. The van der Waals surface area contributed by atoms with E-state index in [1.54, 1.807) is 0 Å². The average Bonchev–Trinajstić information content (AvgIpc) is 2.40. The SMILES string of the molecule is Oc1cc(O)c(N2CCNCC2)c2c1OCCO2. The van der Waals surface area contributed by atoms with Crippen LogP contribution in [0.3, 0.4) is 0 Å². The van der Waals surface area contributed by atoms with Gasteiger partial charge >= 0.3 is 0 Å². The van der Waals surface area contributed by atoms with Crippen LogP contribution in [0.15, 0.2) is 6.07 Å². The Morgan fingerprint density at radius 2 is 1.67 bits per heavy atom. The molecule has 18 heavy (non-hydrogen) atoms. The summed E-state index contributed by atoms with van der Waals surface area (Å²) in [5, 5.41) is 23.1. The molecule has 0 radical (unpaired) electrons. The third-order valence-electron chi connectivity index (χ3n) is 3.18. The van der Waals surface area contributed by atoms with Gasteiger partial charge in [0.15, 0.2) is 11.5 Å². The van der Waals surface area contributed by atoms with Crippen LogP contribution in [-0.2, 0) is 0 Å². The number of benzene rings is 1. The summed E-state index contributed by atoms with van der Waals surface area (Å²) in [5.41, 5.74) is 0.615. The van der Waals surface area contributed by atoms with Gasteiger partial charge in [0.1, 0.15) is 24.7 Å². The fourth-order valence-electron chi connectivity index (χ4n) is 2.36. The van der Waals surface area contributed by atoms with Gasteiger partial charge in [-0.1, -0.05) is 0 Å². The monoisotopic (exact) mass is 252 g/mol. The molecule has 2 aliphatic rings. The number of phenolic OH excluding ortho intramolecular Hbond substituents is 2. The number of piperazine rings is 1. The maximum Gasteiger partial charge on any atom is 0.205 e. The Labute approximate surface area is 105 Å². The fraction of sp³-hybridized carbons (Fsp3) is 0.500.